The number of aromatic nitrogens is 2. The molecule has 1 atom stereocenters. The van der Waals surface area contributed by atoms with Gasteiger partial charge in [-0.2, -0.15) is 0 Å². The predicted octanol–water partition coefficient (Wildman–Crippen LogP) is 2.08. The molecular weight excluding hydrogens is 238 g/mol. The monoisotopic (exact) mass is 257 g/mol. The van der Waals surface area contributed by atoms with Crippen molar-refractivity contribution in [3.63, 3.8) is 0 Å². The van der Waals surface area contributed by atoms with Crippen molar-refractivity contribution < 1.29 is 4.74 Å². The second kappa shape index (κ2) is 5.45. The Hall–Kier alpha value is -1.81. The average Bonchev–Trinajstić information content (AvgIpc) is 2.85. The van der Waals surface area contributed by atoms with Gasteiger partial charge in [-0.1, -0.05) is 18.2 Å². The highest BCUT2D eigenvalue weighted by Gasteiger charge is 2.20. The van der Waals surface area contributed by atoms with Crippen molar-refractivity contribution in [1.29, 1.82) is 0 Å². The number of imidazole rings is 1. The van der Waals surface area contributed by atoms with Crippen molar-refractivity contribution in [1.82, 2.24) is 14.9 Å². The fourth-order valence-corrected chi connectivity index (χ4v) is 2.55. The molecule has 0 spiro atoms. The maximum Gasteiger partial charge on any atom is 0.122 e. The minimum absolute atomic E-state index is 0.533. The lowest BCUT2D eigenvalue weighted by molar-refractivity contribution is 0.264. The lowest BCUT2D eigenvalue weighted by Crippen LogP contribution is -2.26. The molecule has 4 nitrogen and oxygen atoms in total. The number of fused-ring (bicyclic) bond motifs is 1. The number of para-hydroxylation sites is 1. The van der Waals surface area contributed by atoms with Gasteiger partial charge in [-0.25, -0.2) is 4.98 Å². The summed E-state index contributed by atoms with van der Waals surface area (Å²) in [5.41, 5.74) is 1.32. The second-order valence-corrected chi connectivity index (χ2v) is 4.96. The summed E-state index contributed by atoms with van der Waals surface area (Å²) in [6, 6.07) is 8.34. The Labute approximate surface area is 113 Å². The maximum absolute atomic E-state index is 5.68. The van der Waals surface area contributed by atoms with Crippen LogP contribution in [0.5, 0.6) is 5.75 Å². The number of aryl methyl sites for hydroxylation is 1. The van der Waals surface area contributed by atoms with Gasteiger partial charge in [-0.05, 0) is 18.1 Å². The summed E-state index contributed by atoms with van der Waals surface area (Å²) in [5.74, 6) is 2.64. The van der Waals surface area contributed by atoms with Gasteiger partial charge in [-0.15, -0.1) is 0 Å². The summed E-state index contributed by atoms with van der Waals surface area (Å²) in [4.78, 5) is 4.32. The number of nitrogens with zero attached hydrogens (tertiary/aromatic N) is 2. The van der Waals surface area contributed by atoms with Crippen molar-refractivity contribution in [3.05, 3.63) is 48.0 Å². The lowest BCUT2D eigenvalue weighted by atomic mass is 9.93. The van der Waals surface area contributed by atoms with Crippen LogP contribution in [0.15, 0.2) is 36.7 Å². The largest absolute Gasteiger partial charge is 0.493 e. The van der Waals surface area contributed by atoms with Crippen LogP contribution in [0, 0.1) is 0 Å². The van der Waals surface area contributed by atoms with Crippen molar-refractivity contribution in [3.8, 4) is 5.75 Å². The van der Waals surface area contributed by atoms with E-state index in [9.17, 15) is 0 Å². The van der Waals surface area contributed by atoms with E-state index in [1.165, 1.54) is 5.56 Å². The average molecular weight is 257 g/mol. The Kier molecular flexibility index (Phi) is 3.51. The third-order valence-electron chi connectivity index (χ3n) is 3.68. The first-order chi connectivity index (χ1) is 9.34. The van der Waals surface area contributed by atoms with Gasteiger partial charge in [0.05, 0.1) is 13.2 Å². The van der Waals surface area contributed by atoms with E-state index >= 15 is 0 Å². The molecule has 1 aromatic heterocycles. The second-order valence-electron chi connectivity index (χ2n) is 4.96. The fourth-order valence-electron chi connectivity index (χ4n) is 2.55. The number of nitrogens with one attached hydrogen (secondary N) is 1. The molecule has 0 amide bonds. The number of ether oxygens (including phenoxy) is 1. The molecule has 2 heterocycles. The minimum Gasteiger partial charge on any atom is -0.493 e. The first-order valence-electron chi connectivity index (χ1n) is 6.73. The van der Waals surface area contributed by atoms with Crippen LogP contribution in [0.4, 0.5) is 0 Å². The molecule has 1 unspecified atom stereocenters. The normalized spacial score (nSPS) is 17.8. The van der Waals surface area contributed by atoms with E-state index in [4.69, 9.17) is 4.74 Å². The predicted molar refractivity (Wildman–Crippen MR) is 74.2 cm³/mol. The van der Waals surface area contributed by atoms with Crippen LogP contribution in [0.3, 0.4) is 0 Å². The van der Waals surface area contributed by atoms with Gasteiger partial charge in [0.2, 0.25) is 0 Å². The van der Waals surface area contributed by atoms with E-state index in [1.807, 2.05) is 30.1 Å². The summed E-state index contributed by atoms with van der Waals surface area (Å²) < 4.78 is 7.73. The molecule has 0 fully saturated rings. The summed E-state index contributed by atoms with van der Waals surface area (Å²) in [7, 11) is 2.02. The highest BCUT2D eigenvalue weighted by atomic mass is 16.5. The van der Waals surface area contributed by atoms with Crippen molar-refractivity contribution in [2.45, 2.75) is 18.9 Å². The SMILES string of the molecule is Cn1ccnc1CNCC1CCOc2ccccc21. The van der Waals surface area contributed by atoms with Crippen molar-refractivity contribution in [2.24, 2.45) is 7.05 Å². The van der Waals surface area contributed by atoms with Gasteiger partial charge >= 0.3 is 0 Å². The molecule has 3 rings (SSSR count). The lowest BCUT2D eigenvalue weighted by Gasteiger charge is -2.26. The van der Waals surface area contributed by atoms with Crippen LogP contribution in [0.1, 0.15) is 23.7 Å². The Morgan fingerprint density at radius 2 is 2.32 bits per heavy atom. The molecule has 0 radical (unpaired) electrons. The standard InChI is InChI=1S/C15H19N3O/c1-18-8-7-17-15(18)11-16-10-12-6-9-19-14-5-3-2-4-13(12)14/h2-5,7-8,12,16H,6,9-11H2,1H3. The summed E-state index contributed by atoms with van der Waals surface area (Å²) in [6.07, 6.45) is 4.88. The van der Waals surface area contributed by atoms with E-state index < -0.39 is 0 Å². The van der Waals surface area contributed by atoms with E-state index in [-0.39, 0.29) is 0 Å². The van der Waals surface area contributed by atoms with Gasteiger partial charge in [0, 0.05) is 31.9 Å². The Bertz CT molecular complexity index is 550. The number of hydrogen-bond acceptors (Lipinski definition) is 3. The van der Waals surface area contributed by atoms with Crippen LogP contribution in [0.25, 0.3) is 0 Å². The van der Waals surface area contributed by atoms with Gasteiger partial charge in [0.15, 0.2) is 0 Å². The molecule has 1 N–H and O–H groups in total. The summed E-state index contributed by atoms with van der Waals surface area (Å²) >= 11 is 0. The molecule has 1 aliphatic rings. The summed E-state index contributed by atoms with van der Waals surface area (Å²) in [5, 5.41) is 3.50. The molecule has 0 aliphatic carbocycles. The first-order valence-corrected chi connectivity index (χ1v) is 6.73. The maximum atomic E-state index is 5.68. The number of benzene rings is 1. The van der Waals surface area contributed by atoms with Crippen molar-refractivity contribution in [2.75, 3.05) is 13.2 Å². The van der Waals surface area contributed by atoms with Crippen LogP contribution in [-0.2, 0) is 13.6 Å². The van der Waals surface area contributed by atoms with Gasteiger partial charge in [0.25, 0.3) is 0 Å². The van der Waals surface area contributed by atoms with Crippen molar-refractivity contribution >= 4 is 0 Å². The quantitative estimate of drug-likeness (QED) is 0.911. The van der Waals surface area contributed by atoms with Crippen LogP contribution < -0.4 is 10.1 Å². The molecule has 2 aromatic rings. The fraction of sp³-hybridized carbons (Fsp3) is 0.400. The molecule has 100 valence electrons. The molecule has 0 bridgehead atoms. The molecule has 0 saturated heterocycles. The minimum atomic E-state index is 0.533. The highest BCUT2D eigenvalue weighted by Crippen LogP contribution is 2.32. The van der Waals surface area contributed by atoms with E-state index in [0.717, 1.165) is 37.7 Å². The van der Waals surface area contributed by atoms with Crippen LogP contribution in [-0.4, -0.2) is 22.7 Å². The first kappa shape index (κ1) is 12.2. The molecule has 4 heteroatoms. The van der Waals surface area contributed by atoms with Gasteiger partial charge in [0.1, 0.15) is 11.6 Å². The molecule has 1 aliphatic heterocycles. The van der Waals surface area contributed by atoms with Gasteiger partial charge in [-0.3, -0.25) is 0 Å². The molecular formula is C15H19N3O. The Balaban J connectivity index is 1.61. The number of rotatable bonds is 4. The van der Waals surface area contributed by atoms with E-state index in [1.54, 1.807) is 0 Å². The Morgan fingerprint density at radius 3 is 3.16 bits per heavy atom. The Morgan fingerprint density at radius 1 is 1.42 bits per heavy atom. The zero-order chi connectivity index (χ0) is 13.1. The van der Waals surface area contributed by atoms with Crippen LogP contribution in [0.2, 0.25) is 0 Å². The highest BCUT2D eigenvalue weighted by molar-refractivity contribution is 5.37. The smallest absolute Gasteiger partial charge is 0.122 e. The molecule has 19 heavy (non-hydrogen) atoms. The third-order valence-corrected chi connectivity index (χ3v) is 3.68. The number of hydrogen-bond donors (Lipinski definition) is 1. The zero-order valence-electron chi connectivity index (χ0n) is 11.2. The topological polar surface area (TPSA) is 39.1 Å². The van der Waals surface area contributed by atoms with E-state index in [2.05, 4.69) is 28.5 Å². The summed E-state index contributed by atoms with van der Waals surface area (Å²) in [6.45, 7) is 2.59. The molecule has 0 saturated carbocycles. The van der Waals surface area contributed by atoms with E-state index in [0.29, 0.717) is 5.92 Å². The third kappa shape index (κ3) is 2.63. The zero-order valence-corrected chi connectivity index (χ0v) is 11.2. The van der Waals surface area contributed by atoms with Crippen LogP contribution >= 0.6 is 0 Å². The molecule has 1 aromatic carbocycles. The van der Waals surface area contributed by atoms with Gasteiger partial charge < -0.3 is 14.6 Å².